The summed E-state index contributed by atoms with van der Waals surface area (Å²) in [5.41, 5.74) is 2.77. The zero-order valence-corrected chi connectivity index (χ0v) is 14.8. The van der Waals surface area contributed by atoms with Crippen molar-refractivity contribution in [3.05, 3.63) is 53.6 Å². The number of carbonyl (C=O) groups is 2. The van der Waals surface area contributed by atoms with Crippen molar-refractivity contribution in [2.75, 3.05) is 18.5 Å². The van der Waals surface area contributed by atoms with Gasteiger partial charge in [-0.2, -0.15) is 0 Å². The van der Waals surface area contributed by atoms with E-state index in [9.17, 15) is 9.59 Å². The van der Waals surface area contributed by atoms with Gasteiger partial charge in [0.05, 0.1) is 0 Å². The van der Waals surface area contributed by atoms with Gasteiger partial charge in [-0.05, 0) is 54.2 Å². The molecule has 140 valence electrons. The van der Waals surface area contributed by atoms with E-state index < -0.39 is 5.97 Å². The van der Waals surface area contributed by atoms with E-state index in [1.54, 1.807) is 0 Å². The van der Waals surface area contributed by atoms with Crippen molar-refractivity contribution in [1.29, 1.82) is 0 Å². The van der Waals surface area contributed by atoms with Crippen LogP contribution >= 0.6 is 0 Å². The Hall–Kier alpha value is -3.02. The fourth-order valence-corrected chi connectivity index (χ4v) is 3.38. The van der Waals surface area contributed by atoms with E-state index in [0.29, 0.717) is 19.6 Å². The van der Waals surface area contributed by atoms with Crippen LogP contribution in [0.25, 0.3) is 0 Å². The summed E-state index contributed by atoms with van der Waals surface area (Å²) >= 11 is 0. The Morgan fingerprint density at radius 3 is 2.52 bits per heavy atom. The average molecular weight is 367 g/mol. The lowest BCUT2D eigenvalue weighted by atomic mass is 10.1. The second kappa shape index (κ2) is 7.31. The third-order valence-corrected chi connectivity index (χ3v) is 4.97. The summed E-state index contributed by atoms with van der Waals surface area (Å²) in [6.45, 7) is 1.11. The molecule has 27 heavy (non-hydrogen) atoms. The Morgan fingerprint density at radius 2 is 1.78 bits per heavy atom. The highest BCUT2D eigenvalue weighted by Gasteiger charge is 2.44. The van der Waals surface area contributed by atoms with Gasteiger partial charge in [0.1, 0.15) is 13.2 Å². The van der Waals surface area contributed by atoms with Crippen LogP contribution in [0.4, 0.5) is 5.69 Å². The average Bonchev–Trinajstić information content (AvgIpc) is 3.48. The van der Waals surface area contributed by atoms with Gasteiger partial charge < -0.3 is 19.9 Å². The second-order valence-corrected chi connectivity index (χ2v) is 6.93. The largest absolute Gasteiger partial charge is 0.486 e. The second-order valence-electron chi connectivity index (χ2n) is 6.93. The summed E-state index contributed by atoms with van der Waals surface area (Å²) in [6, 6.07) is 13.2. The lowest BCUT2D eigenvalue weighted by molar-refractivity contribution is -0.137. The molecule has 2 unspecified atom stereocenters. The Morgan fingerprint density at radius 1 is 1.04 bits per heavy atom. The van der Waals surface area contributed by atoms with Gasteiger partial charge in [0.2, 0.25) is 5.91 Å². The van der Waals surface area contributed by atoms with Crippen molar-refractivity contribution in [2.45, 2.75) is 25.2 Å². The first-order chi connectivity index (χ1) is 13.1. The first kappa shape index (κ1) is 17.4. The Kier molecular flexibility index (Phi) is 4.71. The minimum absolute atomic E-state index is 0.00757. The molecule has 0 bridgehead atoms. The van der Waals surface area contributed by atoms with Crippen molar-refractivity contribution in [3.8, 4) is 11.5 Å². The van der Waals surface area contributed by atoms with Crippen molar-refractivity contribution < 1.29 is 24.2 Å². The van der Waals surface area contributed by atoms with Crippen LogP contribution in [0.15, 0.2) is 42.5 Å². The molecule has 6 heteroatoms. The van der Waals surface area contributed by atoms with Crippen LogP contribution < -0.4 is 14.8 Å². The summed E-state index contributed by atoms with van der Waals surface area (Å²) in [7, 11) is 0. The third kappa shape index (κ3) is 4.05. The molecule has 1 aliphatic carbocycles. The van der Waals surface area contributed by atoms with Crippen LogP contribution in [0.3, 0.4) is 0 Å². The molecule has 0 saturated heterocycles. The van der Waals surface area contributed by atoms with Gasteiger partial charge in [0.25, 0.3) is 0 Å². The number of aryl methyl sites for hydroxylation is 1. The molecule has 0 aromatic heterocycles. The molecule has 2 aromatic rings. The van der Waals surface area contributed by atoms with E-state index in [4.69, 9.17) is 14.6 Å². The number of amides is 1. The molecule has 0 radical (unpaired) electrons. The first-order valence-electron chi connectivity index (χ1n) is 9.11. The van der Waals surface area contributed by atoms with Crippen molar-refractivity contribution in [1.82, 2.24) is 0 Å². The topological polar surface area (TPSA) is 84.9 Å². The van der Waals surface area contributed by atoms with Crippen LogP contribution in [-0.2, 0) is 16.0 Å². The fourth-order valence-electron chi connectivity index (χ4n) is 3.38. The molecule has 1 amide bonds. The van der Waals surface area contributed by atoms with Gasteiger partial charge in [-0.3, -0.25) is 9.59 Å². The van der Waals surface area contributed by atoms with Crippen molar-refractivity contribution in [2.24, 2.45) is 5.92 Å². The van der Waals surface area contributed by atoms with Gasteiger partial charge in [-0.15, -0.1) is 0 Å². The van der Waals surface area contributed by atoms with Gasteiger partial charge in [-0.25, -0.2) is 0 Å². The maximum Gasteiger partial charge on any atom is 0.303 e. The molecular weight excluding hydrogens is 346 g/mol. The molecule has 1 saturated carbocycles. The van der Waals surface area contributed by atoms with E-state index in [0.717, 1.165) is 34.7 Å². The summed E-state index contributed by atoms with van der Waals surface area (Å²) < 4.78 is 11.2. The summed E-state index contributed by atoms with van der Waals surface area (Å²) in [5, 5.41) is 11.7. The molecule has 6 nitrogen and oxygen atoms in total. The molecule has 1 fully saturated rings. The molecule has 4 rings (SSSR count). The third-order valence-electron chi connectivity index (χ3n) is 4.97. The van der Waals surface area contributed by atoms with Crippen LogP contribution in [0.1, 0.15) is 29.9 Å². The smallest absolute Gasteiger partial charge is 0.303 e. The predicted molar refractivity (Wildman–Crippen MR) is 99.3 cm³/mol. The predicted octanol–water partition coefficient (Wildman–Crippen LogP) is 3.22. The molecule has 2 N–H and O–H groups in total. The SMILES string of the molecule is O=C(O)CCc1ccc(NC(=O)C2CC2c2ccc3c(c2)OCCO3)cc1. The number of nitrogens with one attached hydrogen (secondary N) is 1. The molecule has 2 aromatic carbocycles. The zero-order valence-electron chi connectivity index (χ0n) is 14.8. The molecule has 2 aliphatic rings. The fraction of sp³-hybridized carbons (Fsp3) is 0.333. The minimum atomic E-state index is -0.814. The molecular formula is C21H21NO5. The van der Waals surface area contributed by atoms with Crippen LogP contribution in [0.2, 0.25) is 0 Å². The van der Waals surface area contributed by atoms with Gasteiger partial charge in [-0.1, -0.05) is 18.2 Å². The number of carbonyl (C=O) groups excluding carboxylic acids is 1. The number of rotatable bonds is 6. The number of benzene rings is 2. The molecule has 1 aliphatic heterocycles. The molecule has 0 spiro atoms. The lowest BCUT2D eigenvalue weighted by Crippen LogP contribution is -2.16. The normalized spacial score (nSPS) is 20.0. The number of anilines is 1. The number of carboxylic acids is 1. The van der Waals surface area contributed by atoms with E-state index in [-0.39, 0.29) is 24.2 Å². The lowest BCUT2D eigenvalue weighted by Gasteiger charge is -2.18. The zero-order chi connectivity index (χ0) is 18.8. The number of hydrogen-bond donors (Lipinski definition) is 2. The maximum atomic E-state index is 12.5. The van der Waals surface area contributed by atoms with Gasteiger partial charge >= 0.3 is 5.97 Å². The van der Waals surface area contributed by atoms with Crippen LogP contribution in [0, 0.1) is 5.92 Å². The number of aliphatic carboxylic acids is 1. The van der Waals surface area contributed by atoms with E-state index in [2.05, 4.69) is 5.32 Å². The Bertz CT molecular complexity index is 861. The number of ether oxygens (including phenoxy) is 2. The highest BCUT2D eigenvalue weighted by molar-refractivity contribution is 5.95. The van der Waals surface area contributed by atoms with Gasteiger partial charge in [0, 0.05) is 18.0 Å². The molecule has 1 heterocycles. The minimum Gasteiger partial charge on any atom is -0.486 e. The number of fused-ring (bicyclic) bond motifs is 1. The Balaban J connectivity index is 1.34. The maximum absolute atomic E-state index is 12.5. The number of hydrogen-bond acceptors (Lipinski definition) is 4. The number of carboxylic acid groups (broad SMARTS) is 1. The van der Waals surface area contributed by atoms with Crippen LogP contribution in [0.5, 0.6) is 11.5 Å². The van der Waals surface area contributed by atoms with E-state index in [1.807, 2.05) is 42.5 Å². The summed E-state index contributed by atoms with van der Waals surface area (Å²) in [5.74, 6) is 0.866. The Labute approximate surface area is 157 Å². The van der Waals surface area contributed by atoms with Crippen LogP contribution in [-0.4, -0.2) is 30.2 Å². The quantitative estimate of drug-likeness (QED) is 0.819. The monoisotopic (exact) mass is 367 g/mol. The highest BCUT2D eigenvalue weighted by Crippen LogP contribution is 2.49. The van der Waals surface area contributed by atoms with E-state index >= 15 is 0 Å². The highest BCUT2D eigenvalue weighted by atomic mass is 16.6. The van der Waals surface area contributed by atoms with Gasteiger partial charge in [0.15, 0.2) is 11.5 Å². The standard InChI is InChI=1S/C21H21NO5/c23-20(24)8-3-13-1-5-15(6-2-13)22-21(25)17-12-16(17)14-4-7-18-19(11-14)27-10-9-26-18/h1-2,4-7,11,16-17H,3,8-10,12H2,(H,22,25)(H,23,24). The molecule has 2 atom stereocenters. The first-order valence-corrected chi connectivity index (χ1v) is 9.11. The van der Waals surface area contributed by atoms with Crippen molar-refractivity contribution in [3.63, 3.8) is 0 Å². The summed E-state index contributed by atoms with van der Waals surface area (Å²) in [4.78, 5) is 23.1. The van der Waals surface area contributed by atoms with E-state index in [1.165, 1.54) is 0 Å². The summed E-state index contributed by atoms with van der Waals surface area (Å²) in [6.07, 6.45) is 1.41. The van der Waals surface area contributed by atoms with Crippen molar-refractivity contribution >= 4 is 17.6 Å².